The molecule has 0 aliphatic heterocycles. The van der Waals surface area contributed by atoms with E-state index in [0.717, 1.165) is 0 Å². The molecule has 0 aliphatic rings. The number of nitrogens with zero attached hydrogens (tertiary/aromatic N) is 4. The van der Waals surface area contributed by atoms with Gasteiger partial charge in [-0.1, -0.05) is 0 Å². The van der Waals surface area contributed by atoms with Crippen molar-refractivity contribution in [2.24, 2.45) is 5.92 Å². The molecule has 17 heavy (non-hydrogen) atoms. The van der Waals surface area contributed by atoms with Gasteiger partial charge in [-0.2, -0.15) is 5.26 Å². The molecule has 0 radical (unpaired) electrons. The van der Waals surface area contributed by atoms with Crippen LogP contribution < -0.4 is 5.73 Å². The molecule has 1 unspecified atom stereocenters. The smallest absolute Gasteiger partial charge is 0.274 e. The van der Waals surface area contributed by atoms with Gasteiger partial charge in [-0.3, -0.25) is 9.78 Å². The number of nitriles is 1. The predicted octanol–water partition coefficient (Wildman–Crippen LogP) is 0.681. The fourth-order valence-electron chi connectivity index (χ4n) is 1.37. The second-order valence-corrected chi connectivity index (χ2v) is 3.70. The number of rotatable bonds is 4. The van der Waals surface area contributed by atoms with Crippen molar-refractivity contribution in [3.63, 3.8) is 0 Å². The molecular weight excluding hydrogens is 218 g/mol. The summed E-state index contributed by atoms with van der Waals surface area (Å²) in [4.78, 5) is 21.3. The highest BCUT2D eigenvalue weighted by Crippen LogP contribution is 2.06. The summed E-state index contributed by atoms with van der Waals surface area (Å²) >= 11 is 0. The Hall–Kier alpha value is -2.16. The molecule has 1 rings (SSSR count). The Balaban J connectivity index is 2.83. The molecule has 1 amide bonds. The second kappa shape index (κ2) is 5.80. The summed E-state index contributed by atoms with van der Waals surface area (Å²) in [5, 5.41) is 8.74. The molecule has 1 aromatic heterocycles. The Kier molecular flexibility index (Phi) is 4.40. The van der Waals surface area contributed by atoms with Crippen LogP contribution in [0.2, 0.25) is 0 Å². The number of hydrogen-bond acceptors (Lipinski definition) is 5. The van der Waals surface area contributed by atoms with Gasteiger partial charge in [-0.15, -0.1) is 0 Å². The van der Waals surface area contributed by atoms with Crippen molar-refractivity contribution >= 4 is 11.7 Å². The summed E-state index contributed by atoms with van der Waals surface area (Å²) in [7, 11) is 0. The molecule has 6 heteroatoms. The normalized spacial score (nSPS) is 11.6. The number of nitrogen functional groups attached to an aromatic ring is 1. The van der Waals surface area contributed by atoms with Crippen LogP contribution in [0.1, 0.15) is 24.3 Å². The predicted molar refractivity (Wildman–Crippen MR) is 62.8 cm³/mol. The van der Waals surface area contributed by atoms with E-state index in [0.29, 0.717) is 13.1 Å². The molecule has 90 valence electrons. The van der Waals surface area contributed by atoms with Crippen LogP contribution in [0.25, 0.3) is 0 Å². The van der Waals surface area contributed by atoms with E-state index in [1.807, 2.05) is 6.92 Å². The van der Waals surface area contributed by atoms with Crippen LogP contribution in [0.3, 0.4) is 0 Å². The van der Waals surface area contributed by atoms with Gasteiger partial charge in [0.15, 0.2) is 0 Å². The van der Waals surface area contributed by atoms with Gasteiger partial charge in [-0.05, 0) is 13.8 Å². The molecule has 1 atom stereocenters. The van der Waals surface area contributed by atoms with Gasteiger partial charge in [0.2, 0.25) is 0 Å². The maximum Gasteiger partial charge on any atom is 0.274 e. The summed E-state index contributed by atoms with van der Waals surface area (Å²) < 4.78 is 0. The Bertz CT molecular complexity index is 440. The van der Waals surface area contributed by atoms with Gasteiger partial charge in [0.1, 0.15) is 11.5 Å². The zero-order valence-electron chi connectivity index (χ0n) is 9.92. The Morgan fingerprint density at radius 3 is 2.88 bits per heavy atom. The van der Waals surface area contributed by atoms with Gasteiger partial charge in [-0.25, -0.2) is 4.98 Å². The van der Waals surface area contributed by atoms with Crippen LogP contribution in [-0.4, -0.2) is 33.9 Å². The zero-order chi connectivity index (χ0) is 12.8. The van der Waals surface area contributed by atoms with Crippen LogP contribution in [0.5, 0.6) is 0 Å². The van der Waals surface area contributed by atoms with E-state index < -0.39 is 0 Å². The van der Waals surface area contributed by atoms with E-state index >= 15 is 0 Å². The van der Waals surface area contributed by atoms with E-state index in [2.05, 4.69) is 16.0 Å². The second-order valence-electron chi connectivity index (χ2n) is 3.70. The summed E-state index contributed by atoms with van der Waals surface area (Å²) in [6, 6.07) is 2.09. The SMILES string of the molecule is CCN(CC(C)C#N)C(=O)c1cncc(N)n1. The van der Waals surface area contributed by atoms with Crippen molar-refractivity contribution in [2.75, 3.05) is 18.8 Å². The standard InChI is InChI=1S/C11H15N5O/c1-3-16(7-8(2)4-12)11(17)9-5-14-6-10(13)15-9/h5-6,8H,3,7H2,1-2H3,(H2,13,15). The summed E-state index contributed by atoms with van der Waals surface area (Å²) in [6.45, 7) is 4.51. The molecule has 0 saturated carbocycles. The average molecular weight is 233 g/mol. The zero-order valence-corrected chi connectivity index (χ0v) is 9.92. The van der Waals surface area contributed by atoms with Gasteiger partial charge in [0.05, 0.1) is 24.4 Å². The van der Waals surface area contributed by atoms with Crippen molar-refractivity contribution in [1.82, 2.24) is 14.9 Å². The Labute approximate surface area is 100 Å². The lowest BCUT2D eigenvalue weighted by molar-refractivity contribution is 0.0746. The minimum Gasteiger partial charge on any atom is -0.382 e. The molecule has 0 aliphatic carbocycles. The number of anilines is 1. The van der Waals surface area contributed by atoms with Crippen molar-refractivity contribution in [3.8, 4) is 6.07 Å². The largest absolute Gasteiger partial charge is 0.382 e. The molecular formula is C11H15N5O. The molecule has 0 fully saturated rings. The molecule has 1 aromatic rings. The first-order valence-corrected chi connectivity index (χ1v) is 5.34. The summed E-state index contributed by atoms with van der Waals surface area (Å²) in [5.41, 5.74) is 5.67. The van der Waals surface area contributed by atoms with Gasteiger partial charge < -0.3 is 10.6 Å². The highest BCUT2D eigenvalue weighted by atomic mass is 16.2. The first-order chi connectivity index (χ1) is 8.08. The van der Waals surface area contributed by atoms with Crippen LogP contribution >= 0.6 is 0 Å². The van der Waals surface area contributed by atoms with E-state index in [9.17, 15) is 4.79 Å². The van der Waals surface area contributed by atoms with Crippen LogP contribution in [-0.2, 0) is 0 Å². The maximum absolute atomic E-state index is 12.0. The van der Waals surface area contributed by atoms with Gasteiger partial charge in [0.25, 0.3) is 5.91 Å². The van der Waals surface area contributed by atoms with E-state index in [-0.39, 0.29) is 23.3 Å². The molecule has 6 nitrogen and oxygen atoms in total. The third kappa shape index (κ3) is 3.41. The molecule has 0 saturated heterocycles. The molecule has 2 N–H and O–H groups in total. The quantitative estimate of drug-likeness (QED) is 0.824. The fraction of sp³-hybridized carbons (Fsp3) is 0.455. The monoisotopic (exact) mass is 233 g/mol. The first kappa shape index (κ1) is 12.9. The van der Waals surface area contributed by atoms with E-state index in [4.69, 9.17) is 11.0 Å². The Morgan fingerprint density at radius 2 is 2.35 bits per heavy atom. The lowest BCUT2D eigenvalue weighted by atomic mass is 10.2. The average Bonchev–Trinajstić information content (AvgIpc) is 2.34. The van der Waals surface area contributed by atoms with Crippen LogP contribution in [0.15, 0.2) is 12.4 Å². The number of hydrogen-bond donors (Lipinski definition) is 1. The van der Waals surface area contributed by atoms with E-state index in [1.165, 1.54) is 12.4 Å². The number of amides is 1. The third-order valence-electron chi connectivity index (χ3n) is 2.26. The summed E-state index contributed by atoms with van der Waals surface area (Å²) in [5.74, 6) is -0.262. The van der Waals surface area contributed by atoms with Crippen molar-refractivity contribution in [2.45, 2.75) is 13.8 Å². The topological polar surface area (TPSA) is 95.9 Å². The molecule has 1 heterocycles. The van der Waals surface area contributed by atoms with E-state index in [1.54, 1.807) is 11.8 Å². The Morgan fingerprint density at radius 1 is 1.65 bits per heavy atom. The number of carbonyl (C=O) groups excluding carboxylic acids is 1. The number of nitrogens with two attached hydrogens (primary N) is 1. The minimum atomic E-state index is -0.255. The van der Waals surface area contributed by atoms with Gasteiger partial charge in [0, 0.05) is 13.1 Å². The maximum atomic E-state index is 12.0. The lowest BCUT2D eigenvalue weighted by Gasteiger charge is -2.21. The van der Waals surface area contributed by atoms with Crippen molar-refractivity contribution in [1.29, 1.82) is 5.26 Å². The van der Waals surface area contributed by atoms with Crippen LogP contribution in [0, 0.1) is 17.2 Å². The summed E-state index contributed by atoms with van der Waals surface area (Å²) in [6.07, 6.45) is 2.75. The highest BCUT2D eigenvalue weighted by Gasteiger charge is 2.18. The van der Waals surface area contributed by atoms with Crippen molar-refractivity contribution < 1.29 is 4.79 Å². The van der Waals surface area contributed by atoms with Crippen molar-refractivity contribution in [3.05, 3.63) is 18.1 Å². The molecule has 0 bridgehead atoms. The van der Waals surface area contributed by atoms with Gasteiger partial charge >= 0.3 is 0 Å². The number of carbonyl (C=O) groups is 1. The highest BCUT2D eigenvalue weighted by molar-refractivity contribution is 5.92. The molecule has 0 spiro atoms. The number of aromatic nitrogens is 2. The third-order valence-corrected chi connectivity index (χ3v) is 2.26. The first-order valence-electron chi connectivity index (χ1n) is 5.34. The minimum absolute atomic E-state index is 0.206. The lowest BCUT2D eigenvalue weighted by Crippen LogP contribution is -2.35. The fourth-order valence-corrected chi connectivity index (χ4v) is 1.37. The molecule has 0 aromatic carbocycles. The van der Waals surface area contributed by atoms with Crippen LogP contribution in [0.4, 0.5) is 5.82 Å².